The molecule has 136 valence electrons. The normalized spacial score (nSPS) is 14.5. The fourth-order valence-electron chi connectivity index (χ4n) is 2.93. The molecule has 2 heterocycles. The van der Waals surface area contributed by atoms with Crippen LogP contribution in [0.4, 0.5) is 0 Å². The number of carbonyl (C=O) groups excluding carboxylic acids is 1. The van der Waals surface area contributed by atoms with Crippen LogP contribution in [0.2, 0.25) is 0 Å². The number of carbonyl (C=O) groups is 1. The Morgan fingerprint density at radius 2 is 1.59 bits per heavy atom. The van der Waals surface area contributed by atoms with Crippen LogP contribution in [0.25, 0.3) is 22.4 Å². The number of nitrogens with zero attached hydrogens (tertiary/aromatic N) is 1. The number of cyclic esters (lactones) is 1. The lowest BCUT2D eigenvalue weighted by atomic mass is 9.96. The Kier molecular flexibility index (Phi) is 4.39. The third-order valence-electron chi connectivity index (χ3n) is 4.29. The van der Waals surface area contributed by atoms with Crippen LogP contribution in [0.15, 0.2) is 64.3 Å². The van der Waals surface area contributed by atoms with E-state index in [0.717, 1.165) is 16.8 Å². The van der Waals surface area contributed by atoms with Gasteiger partial charge < -0.3 is 4.74 Å². The highest BCUT2D eigenvalue weighted by molar-refractivity contribution is 7.89. The van der Waals surface area contributed by atoms with Gasteiger partial charge in [0.05, 0.1) is 21.7 Å². The van der Waals surface area contributed by atoms with Gasteiger partial charge >= 0.3 is 5.97 Å². The van der Waals surface area contributed by atoms with Gasteiger partial charge in [0.15, 0.2) is 0 Å². The fraction of sp³-hybridized carbons (Fsp3) is 0.0526. The standard InChI is InChI=1S/C19H14N2O4S2/c20-27(23,24)15-7-5-12(6-8-15)16-9-25-19(22)18(16)14-3-1-13(2-4-14)17-10-26-11-21-17/h1-8,10-11H,9H2,(H2,20,23,24). The number of benzene rings is 2. The summed E-state index contributed by atoms with van der Waals surface area (Å²) < 4.78 is 28.1. The highest BCUT2D eigenvalue weighted by Gasteiger charge is 2.27. The number of sulfonamides is 1. The van der Waals surface area contributed by atoms with E-state index in [1.165, 1.54) is 23.5 Å². The smallest absolute Gasteiger partial charge is 0.339 e. The molecule has 1 aliphatic rings. The molecule has 0 fully saturated rings. The van der Waals surface area contributed by atoms with Crippen molar-refractivity contribution >= 4 is 38.5 Å². The first kappa shape index (κ1) is 17.6. The number of hydrogen-bond donors (Lipinski definition) is 1. The summed E-state index contributed by atoms with van der Waals surface area (Å²) in [5.74, 6) is -0.401. The Bertz CT molecular complexity index is 1130. The van der Waals surface area contributed by atoms with Crippen molar-refractivity contribution in [1.29, 1.82) is 0 Å². The molecule has 0 saturated heterocycles. The number of aromatic nitrogens is 1. The van der Waals surface area contributed by atoms with Crippen LogP contribution in [-0.2, 0) is 19.6 Å². The Morgan fingerprint density at radius 3 is 2.19 bits per heavy atom. The monoisotopic (exact) mass is 398 g/mol. The highest BCUT2D eigenvalue weighted by atomic mass is 32.2. The van der Waals surface area contributed by atoms with Crippen molar-refractivity contribution < 1.29 is 17.9 Å². The van der Waals surface area contributed by atoms with Gasteiger partial charge in [-0.25, -0.2) is 23.3 Å². The van der Waals surface area contributed by atoms with E-state index in [9.17, 15) is 13.2 Å². The van der Waals surface area contributed by atoms with Crippen molar-refractivity contribution in [1.82, 2.24) is 4.98 Å². The van der Waals surface area contributed by atoms with Gasteiger partial charge in [-0.3, -0.25) is 0 Å². The molecule has 0 saturated carbocycles. The summed E-state index contributed by atoms with van der Waals surface area (Å²) in [4.78, 5) is 16.6. The molecule has 0 bridgehead atoms. The minimum Gasteiger partial charge on any atom is -0.457 e. The van der Waals surface area contributed by atoms with Gasteiger partial charge in [-0.15, -0.1) is 11.3 Å². The Hall–Kier alpha value is -2.81. The maximum Gasteiger partial charge on any atom is 0.339 e. The number of ether oxygens (including phenoxy) is 1. The molecule has 2 aromatic carbocycles. The number of hydrogen-bond acceptors (Lipinski definition) is 6. The van der Waals surface area contributed by atoms with Gasteiger partial charge in [0.1, 0.15) is 6.61 Å². The summed E-state index contributed by atoms with van der Waals surface area (Å²) >= 11 is 1.52. The molecule has 0 unspecified atom stereocenters. The van der Waals surface area contributed by atoms with Gasteiger partial charge in [-0.1, -0.05) is 36.4 Å². The van der Waals surface area contributed by atoms with E-state index in [1.54, 1.807) is 17.6 Å². The van der Waals surface area contributed by atoms with Crippen LogP contribution in [0, 0.1) is 0 Å². The van der Waals surface area contributed by atoms with Crippen molar-refractivity contribution in [2.75, 3.05) is 6.61 Å². The molecule has 8 heteroatoms. The van der Waals surface area contributed by atoms with Crippen LogP contribution in [0.3, 0.4) is 0 Å². The Morgan fingerprint density at radius 1 is 0.963 bits per heavy atom. The van der Waals surface area contributed by atoms with Crippen molar-refractivity contribution in [2.24, 2.45) is 5.14 Å². The fourth-order valence-corrected chi connectivity index (χ4v) is 4.01. The summed E-state index contributed by atoms with van der Waals surface area (Å²) in [6.45, 7) is 0.136. The number of esters is 1. The highest BCUT2D eigenvalue weighted by Crippen LogP contribution is 2.34. The van der Waals surface area contributed by atoms with E-state index in [4.69, 9.17) is 9.88 Å². The molecule has 0 atom stereocenters. The lowest BCUT2D eigenvalue weighted by Gasteiger charge is -2.06. The zero-order valence-electron chi connectivity index (χ0n) is 14.0. The Labute approximate surface area is 160 Å². The number of nitrogens with two attached hydrogens (primary N) is 1. The minimum atomic E-state index is -3.77. The molecular weight excluding hydrogens is 384 g/mol. The molecule has 6 nitrogen and oxygen atoms in total. The van der Waals surface area contributed by atoms with Crippen molar-refractivity contribution in [3.8, 4) is 11.3 Å². The van der Waals surface area contributed by atoms with Crippen molar-refractivity contribution in [3.63, 3.8) is 0 Å². The first-order valence-corrected chi connectivity index (χ1v) is 10.4. The van der Waals surface area contributed by atoms with Gasteiger partial charge in [0.25, 0.3) is 0 Å². The zero-order valence-corrected chi connectivity index (χ0v) is 15.6. The van der Waals surface area contributed by atoms with E-state index in [1.807, 2.05) is 29.6 Å². The van der Waals surface area contributed by atoms with Gasteiger partial charge in [0.2, 0.25) is 10.0 Å². The number of thiazole rings is 1. The maximum atomic E-state index is 12.3. The molecule has 4 rings (SSSR count). The summed E-state index contributed by atoms with van der Waals surface area (Å²) in [7, 11) is -3.77. The predicted octanol–water partition coefficient (Wildman–Crippen LogP) is 2.93. The molecule has 0 radical (unpaired) electrons. The average molecular weight is 398 g/mol. The summed E-state index contributed by atoms with van der Waals surface area (Å²) in [6, 6.07) is 13.6. The van der Waals surface area contributed by atoms with E-state index in [0.29, 0.717) is 16.7 Å². The molecule has 2 N–H and O–H groups in total. The molecule has 3 aromatic rings. The van der Waals surface area contributed by atoms with Crippen LogP contribution in [0.5, 0.6) is 0 Å². The molecule has 0 spiro atoms. The number of rotatable bonds is 4. The predicted molar refractivity (Wildman–Crippen MR) is 103 cm³/mol. The van der Waals surface area contributed by atoms with Gasteiger partial charge in [-0.05, 0) is 23.3 Å². The third-order valence-corrected chi connectivity index (χ3v) is 5.80. The van der Waals surface area contributed by atoms with E-state index in [-0.39, 0.29) is 11.5 Å². The van der Waals surface area contributed by atoms with Crippen molar-refractivity contribution in [3.05, 3.63) is 70.5 Å². The second kappa shape index (κ2) is 6.73. The summed E-state index contributed by atoms with van der Waals surface area (Å²) in [6.07, 6.45) is 0. The lowest BCUT2D eigenvalue weighted by Crippen LogP contribution is -2.11. The van der Waals surface area contributed by atoms with Gasteiger partial charge in [-0.2, -0.15) is 0 Å². The molecule has 27 heavy (non-hydrogen) atoms. The second-order valence-electron chi connectivity index (χ2n) is 5.95. The SMILES string of the molecule is NS(=O)(=O)c1ccc(C2=C(c3ccc(-c4cscn4)cc3)C(=O)OC2)cc1. The zero-order chi connectivity index (χ0) is 19.0. The quantitative estimate of drug-likeness (QED) is 0.681. The van der Waals surface area contributed by atoms with Crippen LogP contribution < -0.4 is 5.14 Å². The molecule has 0 amide bonds. The van der Waals surface area contributed by atoms with Crippen molar-refractivity contribution in [2.45, 2.75) is 4.90 Å². The number of primary sulfonamides is 1. The van der Waals surface area contributed by atoms with Crippen LogP contribution in [-0.4, -0.2) is 26.0 Å². The first-order valence-electron chi connectivity index (χ1n) is 7.96. The molecular formula is C19H14N2O4S2. The largest absolute Gasteiger partial charge is 0.457 e. The summed E-state index contributed by atoms with van der Waals surface area (Å²) in [5.41, 5.74) is 6.25. The molecule has 0 aliphatic carbocycles. The second-order valence-corrected chi connectivity index (χ2v) is 8.23. The maximum absolute atomic E-state index is 12.3. The first-order chi connectivity index (χ1) is 12.9. The topological polar surface area (TPSA) is 99.4 Å². The molecule has 1 aliphatic heterocycles. The van der Waals surface area contributed by atoms with Gasteiger partial charge in [0, 0.05) is 16.5 Å². The minimum absolute atomic E-state index is 0.0197. The Balaban J connectivity index is 1.74. The summed E-state index contributed by atoms with van der Waals surface area (Å²) in [5, 5.41) is 7.09. The van der Waals surface area contributed by atoms with E-state index < -0.39 is 16.0 Å². The van der Waals surface area contributed by atoms with Crippen LogP contribution in [0.1, 0.15) is 11.1 Å². The average Bonchev–Trinajstić information content (AvgIpc) is 3.31. The van der Waals surface area contributed by atoms with E-state index >= 15 is 0 Å². The van der Waals surface area contributed by atoms with E-state index in [2.05, 4.69) is 4.98 Å². The van der Waals surface area contributed by atoms with Crippen LogP contribution >= 0.6 is 11.3 Å². The third kappa shape index (κ3) is 3.42. The lowest BCUT2D eigenvalue weighted by molar-refractivity contribution is -0.133. The molecule has 1 aromatic heterocycles.